The van der Waals surface area contributed by atoms with E-state index in [-0.39, 0.29) is 0 Å². The third-order valence-electron chi connectivity index (χ3n) is 2.36. The molecule has 2 aromatic rings. The number of hydrogen-bond donors (Lipinski definition) is 1. The number of nitrogens with two attached hydrogens (primary N) is 1. The number of benzene rings is 1. The molecule has 0 aliphatic heterocycles. The van der Waals surface area contributed by atoms with Crippen LogP contribution in [-0.2, 0) is 4.74 Å². The van der Waals surface area contributed by atoms with Crippen LogP contribution >= 0.6 is 33.9 Å². The molecule has 5 heteroatoms. The van der Waals surface area contributed by atoms with Crippen molar-refractivity contribution in [3.63, 3.8) is 0 Å². The van der Waals surface area contributed by atoms with Crippen LogP contribution in [0.4, 0.5) is 5.00 Å². The van der Waals surface area contributed by atoms with E-state index in [4.69, 9.17) is 10.5 Å². The van der Waals surface area contributed by atoms with Gasteiger partial charge in [0, 0.05) is 14.5 Å². The van der Waals surface area contributed by atoms with E-state index in [0.717, 1.165) is 14.7 Å². The van der Waals surface area contributed by atoms with E-state index < -0.39 is 5.97 Å². The van der Waals surface area contributed by atoms with Gasteiger partial charge in [0.25, 0.3) is 0 Å². The van der Waals surface area contributed by atoms with Crippen molar-refractivity contribution in [3.8, 4) is 11.1 Å². The Labute approximate surface area is 117 Å². The van der Waals surface area contributed by atoms with Gasteiger partial charge in [-0.05, 0) is 40.3 Å². The van der Waals surface area contributed by atoms with Gasteiger partial charge in [-0.3, -0.25) is 0 Å². The number of carbonyl (C=O) groups excluding carboxylic acids is 1. The van der Waals surface area contributed by atoms with E-state index in [1.165, 1.54) is 18.4 Å². The molecule has 0 unspecified atom stereocenters. The minimum Gasteiger partial charge on any atom is -0.465 e. The zero-order chi connectivity index (χ0) is 12.4. The number of anilines is 1. The van der Waals surface area contributed by atoms with E-state index in [9.17, 15) is 4.79 Å². The normalized spacial score (nSPS) is 10.2. The lowest BCUT2D eigenvalue weighted by atomic mass is 10.0. The third kappa shape index (κ3) is 2.44. The predicted molar refractivity (Wildman–Crippen MR) is 78.2 cm³/mol. The van der Waals surface area contributed by atoms with Crippen LogP contribution in [0.15, 0.2) is 29.6 Å². The fourth-order valence-electron chi connectivity index (χ4n) is 1.53. The van der Waals surface area contributed by atoms with Crippen molar-refractivity contribution >= 4 is 44.9 Å². The number of rotatable bonds is 2. The van der Waals surface area contributed by atoms with E-state index in [1.807, 2.05) is 29.6 Å². The molecule has 3 nitrogen and oxygen atoms in total. The standard InChI is InChI=1S/C12H10INO2S/c1-16-12(15)10-9(6-17-11(10)14)7-2-4-8(13)5-3-7/h2-6H,14H2,1H3. The van der Waals surface area contributed by atoms with Crippen molar-refractivity contribution < 1.29 is 9.53 Å². The molecular formula is C12H10INO2S. The Morgan fingerprint density at radius 3 is 2.59 bits per heavy atom. The van der Waals surface area contributed by atoms with E-state index in [1.54, 1.807) is 0 Å². The van der Waals surface area contributed by atoms with Crippen LogP contribution in [0.1, 0.15) is 10.4 Å². The molecule has 2 rings (SSSR count). The highest BCUT2D eigenvalue weighted by atomic mass is 127. The maximum Gasteiger partial charge on any atom is 0.341 e. The van der Waals surface area contributed by atoms with Gasteiger partial charge in [0.2, 0.25) is 0 Å². The molecule has 0 aliphatic rings. The molecule has 0 spiro atoms. The molecule has 1 heterocycles. The van der Waals surface area contributed by atoms with Gasteiger partial charge in [-0.1, -0.05) is 12.1 Å². The molecule has 1 aromatic carbocycles. The van der Waals surface area contributed by atoms with Crippen molar-refractivity contribution in [2.75, 3.05) is 12.8 Å². The fourth-order valence-corrected chi connectivity index (χ4v) is 2.70. The number of esters is 1. The average molecular weight is 359 g/mol. The van der Waals surface area contributed by atoms with Gasteiger partial charge < -0.3 is 10.5 Å². The molecule has 0 atom stereocenters. The zero-order valence-corrected chi connectivity index (χ0v) is 12.0. The smallest absolute Gasteiger partial charge is 0.341 e. The second-order valence-electron chi connectivity index (χ2n) is 3.39. The molecule has 2 N–H and O–H groups in total. The minimum absolute atomic E-state index is 0.391. The molecule has 0 aliphatic carbocycles. The lowest BCUT2D eigenvalue weighted by Gasteiger charge is -2.04. The summed E-state index contributed by atoms with van der Waals surface area (Å²) in [5, 5.41) is 2.37. The molecule has 0 bridgehead atoms. The van der Waals surface area contributed by atoms with Crippen LogP contribution in [0.25, 0.3) is 11.1 Å². The van der Waals surface area contributed by atoms with Gasteiger partial charge in [0.15, 0.2) is 0 Å². The summed E-state index contributed by atoms with van der Waals surface area (Å²) >= 11 is 3.59. The first-order chi connectivity index (χ1) is 8.13. The van der Waals surface area contributed by atoms with Crippen molar-refractivity contribution in [2.24, 2.45) is 0 Å². The van der Waals surface area contributed by atoms with Crippen molar-refractivity contribution in [2.45, 2.75) is 0 Å². The highest BCUT2D eigenvalue weighted by molar-refractivity contribution is 14.1. The first-order valence-corrected chi connectivity index (χ1v) is 6.80. The van der Waals surface area contributed by atoms with Gasteiger partial charge in [-0.25, -0.2) is 4.79 Å². The molecule has 1 aromatic heterocycles. The molecule has 0 saturated heterocycles. The third-order valence-corrected chi connectivity index (χ3v) is 3.90. The average Bonchev–Trinajstić information content (AvgIpc) is 2.71. The quantitative estimate of drug-likeness (QED) is 0.661. The Morgan fingerprint density at radius 2 is 2.00 bits per heavy atom. The summed E-state index contributed by atoms with van der Waals surface area (Å²) in [7, 11) is 1.36. The van der Waals surface area contributed by atoms with Crippen LogP contribution in [0, 0.1) is 3.57 Å². The molecule has 17 heavy (non-hydrogen) atoms. The van der Waals surface area contributed by atoms with Crippen LogP contribution in [0.2, 0.25) is 0 Å². The zero-order valence-electron chi connectivity index (χ0n) is 9.07. The summed E-state index contributed by atoms with van der Waals surface area (Å²) in [6.45, 7) is 0. The number of thiophene rings is 1. The lowest BCUT2D eigenvalue weighted by molar-refractivity contribution is 0.0603. The maximum absolute atomic E-state index is 11.7. The summed E-state index contributed by atoms with van der Waals surface area (Å²) in [5.74, 6) is -0.391. The summed E-state index contributed by atoms with van der Waals surface area (Å²) < 4.78 is 5.89. The van der Waals surface area contributed by atoms with Crippen molar-refractivity contribution in [1.29, 1.82) is 0 Å². The van der Waals surface area contributed by atoms with Gasteiger partial charge in [-0.2, -0.15) is 0 Å². The van der Waals surface area contributed by atoms with Gasteiger partial charge in [0.05, 0.1) is 7.11 Å². The Kier molecular flexibility index (Phi) is 3.68. The van der Waals surface area contributed by atoms with E-state index in [0.29, 0.717) is 10.6 Å². The maximum atomic E-state index is 11.7. The molecule has 88 valence electrons. The number of ether oxygens (including phenoxy) is 1. The summed E-state index contributed by atoms with van der Waals surface area (Å²) in [4.78, 5) is 11.7. The highest BCUT2D eigenvalue weighted by Gasteiger charge is 2.18. The Hall–Kier alpha value is -1.08. The molecule has 0 saturated carbocycles. The SMILES string of the molecule is COC(=O)c1c(-c2ccc(I)cc2)csc1N. The molecular weight excluding hydrogens is 349 g/mol. The highest BCUT2D eigenvalue weighted by Crippen LogP contribution is 2.34. The van der Waals surface area contributed by atoms with Gasteiger partial charge in [0.1, 0.15) is 10.6 Å². The second kappa shape index (κ2) is 5.05. The number of halogens is 1. The number of hydrogen-bond acceptors (Lipinski definition) is 4. The van der Waals surface area contributed by atoms with Crippen molar-refractivity contribution in [1.82, 2.24) is 0 Å². The molecule has 0 amide bonds. The summed E-state index contributed by atoms with van der Waals surface area (Å²) in [6, 6.07) is 7.92. The van der Waals surface area contributed by atoms with E-state index >= 15 is 0 Å². The first kappa shape index (κ1) is 12.4. The van der Waals surface area contributed by atoms with Crippen LogP contribution in [0.5, 0.6) is 0 Å². The second-order valence-corrected chi connectivity index (χ2v) is 5.54. The molecule has 0 radical (unpaired) electrons. The number of methoxy groups -OCH3 is 1. The fraction of sp³-hybridized carbons (Fsp3) is 0.0833. The predicted octanol–water partition coefficient (Wildman–Crippen LogP) is 3.39. The summed E-state index contributed by atoms with van der Waals surface area (Å²) in [6.07, 6.45) is 0. The van der Waals surface area contributed by atoms with Crippen LogP contribution in [0.3, 0.4) is 0 Å². The number of carbonyl (C=O) groups is 1. The summed E-state index contributed by atoms with van der Waals surface area (Å²) in [5.41, 5.74) is 8.06. The van der Waals surface area contributed by atoms with Crippen LogP contribution < -0.4 is 5.73 Å². The van der Waals surface area contributed by atoms with Gasteiger partial charge >= 0.3 is 5.97 Å². The number of nitrogen functional groups attached to an aromatic ring is 1. The van der Waals surface area contributed by atoms with Crippen molar-refractivity contribution in [3.05, 3.63) is 38.8 Å². The Balaban J connectivity index is 2.52. The largest absolute Gasteiger partial charge is 0.465 e. The molecule has 0 fully saturated rings. The topological polar surface area (TPSA) is 52.3 Å². The first-order valence-electron chi connectivity index (χ1n) is 4.84. The van der Waals surface area contributed by atoms with Gasteiger partial charge in [-0.15, -0.1) is 11.3 Å². The lowest BCUT2D eigenvalue weighted by Crippen LogP contribution is -2.04. The monoisotopic (exact) mass is 359 g/mol. The van der Waals surface area contributed by atoms with E-state index in [2.05, 4.69) is 22.6 Å². The van der Waals surface area contributed by atoms with Crippen LogP contribution in [-0.4, -0.2) is 13.1 Å². The Bertz CT molecular complexity index is 548. The Morgan fingerprint density at radius 1 is 1.35 bits per heavy atom. The minimum atomic E-state index is -0.391.